The molecule has 0 radical (unpaired) electrons. The van der Waals surface area contributed by atoms with Crippen molar-refractivity contribution < 1.29 is 18.3 Å². The number of sulfone groups is 1. The molecule has 0 bridgehead atoms. The summed E-state index contributed by atoms with van der Waals surface area (Å²) >= 11 is 0. The van der Waals surface area contributed by atoms with Gasteiger partial charge in [0.05, 0.1) is 22.7 Å². The maximum atomic E-state index is 11.4. The minimum atomic E-state index is -3.22. The van der Waals surface area contributed by atoms with Crippen LogP contribution < -0.4 is 0 Å². The van der Waals surface area contributed by atoms with Crippen molar-refractivity contribution in [2.45, 2.75) is 37.8 Å². The van der Waals surface area contributed by atoms with Gasteiger partial charge in [-0.2, -0.15) is 5.10 Å². The molecule has 0 saturated heterocycles. The number of hydrogen-bond donors (Lipinski definition) is 1. The number of carboxylic acid groups (broad SMARTS) is 1. The normalized spacial score (nSPS) is 18.1. The van der Waals surface area contributed by atoms with E-state index < -0.39 is 21.3 Å². The highest BCUT2D eigenvalue weighted by molar-refractivity contribution is 7.90. The Morgan fingerprint density at radius 2 is 1.94 bits per heavy atom. The molecular formula is C10H14N2O4S. The summed E-state index contributed by atoms with van der Waals surface area (Å²) in [5.74, 6) is -1.52. The second kappa shape index (κ2) is 3.32. The van der Waals surface area contributed by atoms with Crippen LogP contribution in [-0.4, -0.2) is 29.3 Å². The van der Waals surface area contributed by atoms with Crippen LogP contribution in [0.15, 0.2) is 0 Å². The number of hydrogen-bond acceptors (Lipinski definition) is 4. The lowest BCUT2D eigenvalue weighted by molar-refractivity contribution is 0.0674. The average molecular weight is 258 g/mol. The fraction of sp³-hybridized carbons (Fsp3) is 0.600. The van der Waals surface area contributed by atoms with Crippen molar-refractivity contribution >= 4 is 15.8 Å². The van der Waals surface area contributed by atoms with Crippen molar-refractivity contribution in [1.29, 1.82) is 0 Å². The zero-order chi connectivity index (χ0) is 13.0. The molecule has 0 aromatic carbocycles. The molecule has 2 heterocycles. The van der Waals surface area contributed by atoms with E-state index in [4.69, 9.17) is 0 Å². The van der Waals surface area contributed by atoms with Crippen LogP contribution in [-0.2, 0) is 26.9 Å². The molecule has 6 nitrogen and oxygen atoms in total. The number of rotatable bonds is 1. The summed E-state index contributed by atoms with van der Waals surface area (Å²) in [7, 11) is -3.22. The Hall–Kier alpha value is -1.37. The number of aromatic nitrogens is 2. The molecule has 1 aliphatic heterocycles. The molecule has 0 fully saturated rings. The van der Waals surface area contributed by atoms with Crippen molar-refractivity contribution in [2.24, 2.45) is 0 Å². The summed E-state index contributed by atoms with van der Waals surface area (Å²) in [4.78, 5) is 11.2. The van der Waals surface area contributed by atoms with E-state index in [2.05, 4.69) is 5.10 Å². The number of carboxylic acids is 1. The highest BCUT2D eigenvalue weighted by Gasteiger charge is 2.36. The Bertz CT molecular complexity index is 593. The van der Waals surface area contributed by atoms with Crippen LogP contribution in [0.25, 0.3) is 0 Å². The van der Waals surface area contributed by atoms with Gasteiger partial charge in [0, 0.05) is 5.56 Å². The molecular weight excluding hydrogens is 244 g/mol. The van der Waals surface area contributed by atoms with Gasteiger partial charge in [-0.3, -0.25) is 4.68 Å². The smallest absolute Gasteiger partial charge is 0.354 e. The first-order valence-electron chi connectivity index (χ1n) is 5.17. The predicted octanol–water partition coefficient (Wildman–Crippen LogP) is 0.765. The monoisotopic (exact) mass is 258 g/mol. The van der Waals surface area contributed by atoms with E-state index in [9.17, 15) is 18.3 Å². The third-order valence-electron chi connectivity index (χ3n) is 2.63. The van der Waals surface area contributed by atoms with Crippen molar-refractivity contribution in [2.75, 3.05) is 0 Å². The van der Waals surface area contributed by atoms with E-state index in [1.807, 2.05) is 20.8 Å². The molecule has 1 N–H and O–H groups in total. The van der Waals surface area contributed by atoms with E-state index in [-0.39, 0.29) is 17.2 Å². The lowest BCUT2D eigenvalue weighted by atomic mass is 10.1. The standard InChI is InChI=1S/C10H14N2O4S/c1-10(2,3)12-8(9(13)14)6-4-17(15,16)5-7(6)11-12/h4-5H2,1-3H3,(H,13,14). The predicted molar refractivity (Wildman–Crippen MR) is 60.5 cm³/mol. The van der Waals surface area contributed by atoms with Crippen molar-refractivity contribution in [3.63, 3.8) is 0 Å². The average Bonchev–Trinajstić information content (AvgIpc) is 2.53. The summed E-state index contributed by atoms with van der Waals surface area (Å²) in [6.45, 7) is 5.49. The molecule has 0 atom stereocenters. The quantitative estimate of drug-likeness (QED) is 0.803. The molecule has 1 aromatic rings. The minimum absolute atomic E-state index is 0.00595. The summed E-state index contributed by atoms with van der Waals surface area (Å²) < 4.78 is 24.3. The van der Waals surface area contributed by atoms with Gasteiger partial charge < -0.3 is 5.11 Å². The SMILES string of the molecule is CC(C)(C)n1nc2c(c1C(=O)O)CS(=O)(=O)C2. The third kappa shape index (κ3) is 1.95. The number of nitrogens with zero attached hydrogens (tertiary/aromatic N) is 2. The molecule has 7 heteroatoms. The molecule has 0 spiro atoms. The Kier molecular flexibility index (Phi) is 2.36. The Balaban J connectivity index is 2.67. The Morgan fingerprint density at radius 3 is 2.41 bits per heavy atom. The largest absolute Gasteiger partial charge is 0.477 e. The lowest BCUT2D eigenvalue weighted by Gasteiger charge is -2.21. The zero-order valence-electron chi connectivity index (χ0n) is 9.89. The van der Waals surface area contributed by atoms with Gasteiger partial charge in [0.25, 0.3) is 0 Å². The number of aromatic carboxylic acids is 1. The molecule has 0 amide bonds. The van der Waals surface area contributed by atoms with Crippen LogP contribution in [0.3, 0.4) is 0 Å². The summed E-state index contributed by atoms with van der Waals surface area (Å²) in [5, 5.41) is 13.3. The first-order chi connectivity index (χ1) is 7.62. The molecule has 17 heavy (non-hydrogen) atoms. The van der Waals surface area contributed by atoms with Gasteiger partial charge in [0.1, 0.15) is 0 Å². The van der Waals surface area contributed by atoms with Gasteiger partial charge in [-0.1, -0.05) is 0 Å². The number of fused-ring (bicyclic) bond motifs is 1. The Morgan fingerprint density at radius 1 is 1.35 bits per heavy atom. The van der Waals surface area contributed by atoms with Crippen LogP contribution in [0.5, 0.6) is 0 Å². The van der Waals surface area contributed by atoms with Gasteiger partial charge in [-0.25, -0.2) is 13.2 Å². The fourth-order valence-electron chi connectivity index (χ4n) is 1.95. The highest BCUT2D eigenvalue weighted by atomic mass is 32.2. The Labute approximate surface area is 99.2 Å². The first kappa shape index (κ1) is 12.1. The third-order valence-corrected chi connectivity index (χ3v) is 4.07. The topological polar surface area (TPSA) is 89.3 Å². The van der Waals surface area contributed by atoms with Gasteiger partial charge in [0.2, 0.25) is 0 Å². The second-order valence-corrected chi connectivity index (χ2v) is 7.26. The van der Waals surface area contributed by atoms with Crippen molar-refractivity contribution in [1.82, 2.24) is 9.78 Å². The van der Waals surface area contributed by atoms with E-state index in [1.165, 1.54) is 4.68 Å². The van der Waals surface area contributed by atoms with Gasteiger partial charge >= 0.3 is 5.97 Å². The first-order valence-corrected chi connectivity index (χ1v) is 6.99. The van der Waals surface area contributed by atoms with Crippen molar-refractivity contribution in [3.05, 3.63) is 17.0 Å². The molecule has 0 unspecified atom stereocenters. The zero-order valence-corrected chi connectivity index (χ0v) is 10.7. The summed E-state index contributed by atoms with van der Waals surface area (Å²) in [6.07, 6.45) is 0. The van der Waals surface area contributed by atoms with Gasteiger partial charge in [0.15, 0.2) is 15.5 Å². The second-order valence-electron chi connectivity index (χ2n) is 5.19. The lowest BCUT2D eigenvalue weighted by Crippen LogP contribution is -2.28. The molecule has 2 rings (SSSR count). The fourth-order valence-corrected chi connectivity index (χ4v) is 3.44. The van der Waals surface area contributed by atoms with Crippen LogP contribution in [0.2, 0.25) is 0 Å². The molecule has 1 aliphatic rings. The van der Waals surface area contributed by atoms with Crippen LogP contribution in [0.4, 0.5) is 0 Å². The molecule has 0 saturated carbocycles. The van der Waals surface area contributed by atoms with E-state index in [0.717, 1.165) is 0 Å². The molecule has 0 aliphatic carbocycles. The van der Waals surface area contributed by atoms with Gasteiger partial charge in [-0.05, 0) is 20.8 Å². The van der Waals surface area contributed by atoms with Crippen LogP contribution in [0, 0.1) is 0 Å². The highest BCUT2D eigenvalue weighted by Crippen LogP contribution is 2.30. The molecule has 94 valence electrons. The summed E-state index contributed by atoms with van der Waals surface area (Å²) in [6, 6.07) is 0. The van der Waals surface area contributed by atoms with E-state index in [0.29, 0.717) is 11.3 Å². The maximum Gasteiger partial charge on any atom is 0.354 e. The van der Waals surface area contributed by atoms with Crippen molar-refractivity contribution in [3.8, 4) is 0 Å². The minimum Gasteiger partial charge on any atom is -0.477 e. The summed E-state index contributed by atoms with van der Waals surface area (Å²) in [5.41, 5.74) is 0.222. The van der Waals surface area contributed by atoms with Crippen LogP contribution >= 0.6 is 0 Å². The van der Waals surface area contributed by atoms with Gasteiger partial charge in [-0.15, -0.1) is 0 Å². The maximum absolute atomic E-state index is 11.4. The van der Waals surface area contributed by atoms with E-state index in [1.54, 1.807) is 0 Å². The molecule has 1 aromatic heterocycles. The van der Waals surface area contributed by atoms with Crippen LogP contribution in [0.1, 0.15) is 42.5 Å². The number of carbonyl (C=O) groups is 1. The van der Waals surface area contributed by atoms with E-state index >= 15 is 0 Å².